The number of carbonyl (C=O) groups excluding carboxylic acids is 2. The van der Waals surface area contributed by atoms with Gasteiger partial charge in [-0.2, -0.15) is 0 Å². The Balaban J connectivity index is 2.19. The van der Waals surface area contributed by atoms with Crippen molar-refractivity contribution in [1.82, 2.24) is 10.9 Å². The van der Waals surface area contributed by atoms with E-state index in [1.807, 2.05) is 12.1 Å². The number of hydrogen-bond donors (Lipinski definition) is 3. The van der Waals surface area contributed by atoms with E-state index < -0.39 is 21.8 Å². The van der Waals surface area contributed by atoms with Crippen LogP contribution in [0.1, 0.15) is 48.2 Å². The van der Waals surface area contributed by atoms with Crippen molar-refractivity contribution in [2.45, 2.75) is 44.9 Å². The Morgan fingerprint density at radius 1 is 1.00 bits per heavy atom. The molecule has 2 amide bonds. The molecule has 0 spiro atoms. The molecular formula is C20H25N3O4S. The summed E-state index contributed by atoms with van der Waals surface area (Å²) in [4.78, 5) is 23.1. The van der Waals surface area contributed by atoms with E-state index in [4.69, 9.17) is 0 Å². The lowest BCUT2D eigenvalue weighted by molar-refractivity contribution is -0.119. The molecule has 0 heterocycles. The van der Waals surface area contributed by atoms with Gasteiger partial charge in [0.1, 0.15) is 0 Å². The topological polar surface area (TPSA) is 104 Å². The third-order valence-corrected chi connectivity index (χ3v) is 5.52. The normalized spacial score (nSPS) is 11.0. The summed E-state index contributed by atoms with van der Waals surface area (Å²) in [6, 6.07) is 11.5. The highest BCUT2D eigenvalue weighted by Gasteiger charge is 2.18. The number of anilines is 1. The number of hydrazine groups is 1. The quantitative estimate of drug-likeness (QED) is 0.618. The lowest BCUT2D eigenvalue weighted by atomic mass is 10.1. The molecule has 0 aliphatic rings. The van der Waals surface area contributed by atoms with Crippen LogP contribution in [0.3, 0.4) is 0 Å². The summed E-state index contributed by atoms with van der Waals surface area (Å²) >= 11 is 0. The third-order valence-electron chi connectivity index (χ3n) is 4.14. The molecule has 0 radical (unpaired) electrons. The van der Waals surface area contributed by atoms with Gasteiger partial charge in [-0.15, -0.1) is 0 Å². The molecule has 2 aromatic carbocycles. The van der Waals surface area contributed by atoms with Crippen molar-refractivity contribution in [2.24, 2.45) is 0 Å². The Labute approximate surface area is 165 Å². The van der Waals surface area contributed by atoms with Gasteiger partial charge in [0.25, 0.3) is 15.9 Å². The van der Waals surface area contributed by atoms with E-state index in [1.54, 1.807) is 25.1 Å². The van der Waals surface area contributed by atoms with E-state index in [1.165, 1.54) is 19.1 Å². The predicted molar refractivity (Wildman–Crippen MR) is 108 cm³/mol. The lowest BCUT2D eigenvalue weighted by Crippen LogP contribution is -2.40. The first-order valence-electron chi connectivity index (χ1n) is 9.02. The average molecular weight is 404 g/mol. The number of unbranched alkanes of at least 4 members (excludes halogenated alkanes) is 1. The van der Waals surface area contributed by atoms with E-state index >= 15 is 0 Å². The van der Waals surface area contributed by atoms with Crippen molar-refractivity contribution in [3.63, 3.8) is 0 Å². The highest BCUT2D eigenvalue weighted by Crippen LogP contribution is 2.20. The van der Waals surface area contributed by atoms with Crippen LogP contribution in [0.5, 0.6) is 0 Å². The second-order valence-electron chi connectivity index (χ2n) is 6.52. The molecule has 0 saturated carbocycles. The highest BCUT2D eigenvalue weighted by atomic mass is 32.2. The Bertz CT molecular complexity index is 954. The second kappa shape index (κ2) is 9.36. The molecule has 3 N–H and O–H groups in total. The number of sulfonamides is 1. The zero-order chi connectivity index (χ0) is 20.7. The SMILES string of the molecule is CCCCc1ccc(NS(=O)(=O)c2ccc(C)c(C(=O)NNC(C)=O)c2)cc1. The summed E-state index contributed by atoms with van der Waals surface area (Å²) in [6.45, 7) is 5.06. The fourth-order valence-corrected chi connectivity index (χ4v) is 3.64. The molecule has 0 unspecified atom stereocenters. The van der Waals surface area contributed by atoms with Gasteiger partial charge in [-0.1, -0.05) is 31.5 Å². The minimum absolute atomic E-state index is 0.0406. The van der Waals surface area contributed by atoms with E-state index in [9.17, 15) is 18.0 Å². The van der Waals surface area contributed by atoms with E-state index in [-0.39, 0.29) is 10.5 Å². The molecule has 7 nitrogen and oxygen atoms in total. The molecule has 150 valence electrons. The molecule has 8 heteroatoms. The zero-order valence-electron chi connectivity index (χ0n) is 16.2. The summed E-state index contributed by atoms with van der Waals surface area (Å²) in [5, 5.41) is 0. The van der Waals surface area contributed by atoms with E-state index in [0.717, 1.165) is 24.8 Å². The molecule has 2 aromatic rings. The fraction of sp³-hybridized carbons (Fsp3) is 0.300. The predicted octanol–water partition coefficient (Wildman–Crippen LogP) is 2.92. The van der Waals surface area contributed by atoms with Gasteiger partial charge in [-0.25, -0.2) is 8.42 Å². The van der Waals surface area contributed by atoms with Gasteiger partial charge in [0.2, 0.25) is 5.91 Å². The monoisotopic (exact) mass is 403 g/mol. The molecule has 0 aliphatic carbocycles. The van der Waals surface area contributed by atoms with Crippen LogP contribution < -0.4 is 15.6 Å². The van der Waals surface area contributed by atoms with Gasteiger partial charge >= 0.3 is 0 Å². The molecule has 0 saturated heterocycles. The third kappa shape index (κ3) is 5.82. The Kier molecular flexibility index (Phi) is 7.17. The summed E-state index contributed by atoms with van der Waals surface area (Å²) in [5.74, 6) is -1.02. The summed E-state index contributed by atoms with van der Waals surface area (Å²) in [6.07, 6.45) is 3.13. The first-order valence-corrected chi connectivity index (χ1v) is 10.5. The second-order valence-corrected chi connectivity index (χ2v) is 8.20. The van der Waals surface area contributed by atoms with Gasteiger partial charge in [0.05, 0.1) is 4.90 Å². The van der Waals surface area contributed by atoms with Gasteiger partial charge in [0, 0.05) is 18.2 Å². The van der Waals surface area contributed by atoms with Crippen molar-refractivity contribution < 1.29 is 18.0 Å². The molecule has 0 aliphatic heterocycles. The number of benzene rings is 2. The van der Waals surface area contributed by atoms with Crippen molar-refractivity contribution in [2.75, 3.05) is 4.72 Å². The molecule has 0 atom stereocenters. The number of amides is 2. The fourth-order valence-electron chi connectivity index (χ4n) is 2.56. The minimum atomic E-state index is -3.86. The van der Waals surface area contributed by atoms with Gasteiger partial charge < -0.3 is 0 Å². The molecule has 2 rings (SSSR count). The zero-order valence-corrected chi connectivity index (χ0v) is 17.0. The number of carbonyl (C=O) groups is 2. The molecule has 0 bridgehead atoms. The van der Waals surface area contributed by atoms with Gasteiger partial charge in [0.15, 0.2) is 0 Å². The van der Waals surface area contributed by atoms with Crippen LogP contribution in [-0.4, -0.2) is 20.2 Å². The van der Waals surface area contributed by atoms with Gasteiger partial charge in [-0.3, -0.25) is 25.2 Å². The van der Waals surface area contributed by atoms with Gasteiger partial charge in [-0.05, 0) is 55.2 Å². The maximum atomic E-state index is 12.7. The maximum absolute atomic E-state index is 12.7. The van der Waals surface area contributed by atoms with Crippen molar-refractivity contribution in [3.8, 4) is 0 Å². The highest BCUT2D eigenvalue weighted by molar-refractivity contribution is 7.92. The van der Waals surface area contributed by atoms with Crippen molar-refractivity contribution in [1.29, 1.82) is 0 Å². The number of rotatable bonds is 7. The smallest absolute Gasteiger partial charge is 0.269 e. The van der Waals surface area contributed by atoms with Crippen LogP contribution in [0.25, 0.3) is 0 Å². The van der Waals surface area contributed by atoms with Crippen LogP contribution in [-0.2, 0) is 21.2 Å². The van der Waals surface area contributed by atoms with Crippen LogP contribution in [0.4, 0.5) is 5.69 Å². The van der Waals surface area contributed by atoms with Crippen molar-refractivity contribution >= 4 is 27.5 Å². The first-order chi connectivity index (χ1) is 13.2. The first kappa shape index (κ1) is 21.4. The van der Waals surface area contributed by atoms with Crippen molar-refractivity contribution in [3.05, 3.63) is 59.2 Å². The number of aryl methyl sites for hydroxylation is 2. The van der Waals surface area contributed by atoms with Crippen LogP contribution in [0, 0.1) is 6.92 Å². The number of nitrogens with one attached hydrogen (secondary N) is 3. The summed E-state index contributed by atoms with van der Waals surface area (Å²) in [5.41, 5.74) is 6.77. The molecular weight excluding hydrogens is 378 g/mol. The van der Waals surface area contributed by atoms with Crippen LogP contribution in [0.2, 0.25) is 0 Å². The lowest BCUT2D eigenvalue weighted by Gasteiger charge is -2.12. The van der Waals surface area contributed by atoms with Crippen LogP contribution in [0.15, 0.2) is 47.4 Å². The standard InChI is InChI=1S/C20H25N3O4S/c1-4-5-6-16-8-10-17(11-9-16)23-28(26,27)18-12-7-14(2)19(13-18)20(25)22-21-15(3)24/h7-13,23H,4-6H2,1-3H3,(H,21,24)(H,22,25). The Hall–Kier alpha value is -2.87. The van der Waals surface area contributed by atoms with E-state index in [0.29, 0.717) is 11.3 Å². The largest absolute Gasteiger partial charge is 0.280 e. The minimum Gasteiger partial charge on any atom is -0.280 e. The molecule has 28 heavy (non-hydrogen) atoms. The number of hydrogen-bond acceptors (Lipinski definition) is 4. The van der Waals surface area contributed by atoms with E-state index in [2.05, 4.69) is 22.5 Å². The molecule has 0 aromatic heterocycles. The molecule has 0 fully saturated rings. The van der Waals surface area contributed by atoms with Crippen LogP contribution >= 0.6 is 0 Å². The Morgan fingerprint density at radius 2 is 1.68 bits per heavy atom. The summed E-state index contributed by atoms with van der Waals surface area (Å²) < 4.78 is 27.9. The maximum Gasteiger partial charge on any atom is 0.269 e. The average Bonchev–Trinajstić information content (AvgIpc) is 2.65. The summed E-state index contributed by atoms with van der Waals surface area (Å²) in [7, 11) is -3.86. The Morgan fingerprint density at radius 3 is 2.29 bits per heavy atom.